The average molecular weight is 192 g/mol. The van der Waals surface area contributed by atoms with Gasteiger partial charge in [-0.2, -0.15) is 0 Å². The van der Waals surface area contributed by atoms with Gasteiger partial charge in [0.1, 0.15) is 0 Å². The van der Waals surface area contributed by atoms with E-state index in [1.165, 1.54) is 5.70 Å². The van der Waals surface area contributed by atoms with Gasteiger partial charge in [0.25, 0.3) is 0 Å². The van der Waals surface area contributed by atoms with Gasteiger partial charge in [0.15, 0.2) is 0 Å². The Balaban J connectivity index is 2.17. The zero-order chi connectivity index (χ0) is 10.1. The van der Waals surface area contributed by atoms with Crippen molar-refractivity contribution in [2.24, 2.45) is 10.9 Å². The van der Waals surface area contributed by atoms with Gasteiger partial charge >= 0.3 is 0 Å². The van der Waals surface area contributed by atoms with Crippen LogP contribution >= 0.6 is 0 Å². The van der Waals surface area contributed by atoms with Crippen LogP contribution < -0.4 is 5.32 Å². The van der Waals surface area contributed by atoms with Gasteiger partial charge in [-0.3, -0.25) is 0 Å². The van der Waals surface area contributed by atoms with Crippen molar-refractivity contribution in [1.82, 2.24) is 5.32 Å². The van der Waals surface area contributed by atoms with Crippen molar-refractivity contribution in [2.75, 3.05) is 7.11 Å². The van der Waals surface area contributed by atoms with Crippen LogP contribution in [0.5, 0.6) is 0 Å². The van der Waals surface area contributed by atoms with Gasteiger partial charge in [0.2, 0.25) is 5.90 Å². The molecular formula is C11H16N2O. The third kappa shape index (κ3) is 1.54. The smallest absolute Gasteiger partial charge is 0.208 e. The lowest BCUT2D eigenvalue weighted by molar-refractivity contribution is 0.398. The summed E-state index contributed by atoms with van der Waals surface area (Å²) in [6.07, 6.45) is 6.23. The highest BCUT2D eigenvalue weighted by Gasteiger charge is 2.28. The molecule has 0 spiro atoms. The first kappa shape index (κ1) is 9.31. The number of rotatable bonds is 1. The van der Waals surface area contributed by atoms with E-state index in [9.17, 15) is 0 Å². The number of methoxy groups -OCH3 is 1. The van der Waals surface area contributed by atoms with Gasteiger partial charge in [-0.25, -0.2) is 4.99 Å². The van der Waals surface area contributed by atoms with Crippen LogP contribution in [-0.4, -0.2) is 25.1 Å². The minimum atomic E-state index is 0.215. The molecule has 0 aromatic rings. The Hall–Kier alpha value is -1.25. The Kier molecular flexibility index (Phi) is 2.32. The van der Waals surface area contributed by atoms with Crippen molar-refractivity contribution in [3.63, 3.8) is 0 Å². The molecule has 0 aromatic heterocycles. The molecule has 76 valence electrons. The van der Waals surface area contributed by atoms with Crippen LogP contribution in [0.4, 0.5) is 0 Å². The van der Waals surface area contributed by atoms with Crippen molar-refractivity contribution in [3.8, 4) is 0 Å². The fourth-order valence-electron chi connectivity index (χ4n) is 1.75. The van der Waals surface area contributed by atoms with Crippen LogP contribution in [0.15, 0.2) is 28.9 Å². The predicted molar refractivity (Wildman–Crippen MR) is 57.2 cm³/mol. The highest BCUT2D eigenvalue weighted by molar-refractivity contribution is 5.89. The Morgan fingerprint density at radius 3 is 2.93 bits per heavy atom. The van der Waals surface area contributed by atoms with Crippen molar-refractivity contribution in [1.29, 1.82) is 0 Å². The van der Waals surface area contributed by atoms with Gasteiger partial charge in [-0.05, 0) is 18.1 Å². The van der Waals surface area contributed by atoms with Gasteiger partial charge in [-0.15, -0.1) is 0 Å². The fraction of sp³-hybridized carbons (Fsp3) is 0.545. The third-order valence-electron chi connectivity index (χ3n) is 2.61. The number of ether oxygens (including phenoxy) is 1. The lowest BCUT2D eigenvalue weighted by Crippen LogP contribution is -2.32. The standard InChI is InChI=1S/C11H16N2O/c1-7(2)9-6-10-8(12-9)4-5-11(13-10)14-3/h4-8,10,12H,1-3H3. The lowest BCUT2D eigenvalue weighted by atomic mass is 10.1. The van der Waals surface area contributed by atoms with Crippen LogP contribution in [-0.2, 0) is 4.74 Å². The normalized spacial score (nSPS) is 29.4. The van der Waals surface area contributed by atoms with Gasteiger partial charge < -0.3 is 10.1 Å². The highest BCUT2D eigenvalue weighted by Crippen LogP contribution is 2.22. The monoisotopic (exact) mass is 192 g/mol. The number of allylic oxidation sites excluding steroid dienone is 1. The summed E-state index contributed by atoms with van der Waals surface area (Å²) in [5.41, 5.74) is 1.28. The van der Waals surface area contributed by atoms with E-state index in [1.807, 2.05) is 6.08 Å². The fourth-order valence-corrected chi connectivity index (χ4v) is 1.75. The molecule has 3 heteroatoms. The molecule has 0 aliphatic carbocycles. The van der Waals surface area contributed by atoms with Gasteiger partial charge in [0, 0.05) is 5.70 Å². The first-order chi connectivity index (χ1) is 6.70. The molecule has 0 radical (unpaired) electrons. The maximum atomic E-state index is 5.10. The molecule has 2 rings (SSSR count). The molecular weight excluding hydrogens is 176 g/mol. The average Bonchev–Trinajstić information content (AvgIpc) is 2.59. The molecule has 0 fully saturated rings. The summed E-state index contributed by atoms with van der Waals surface area (Å²) in [6.45, 7) is 4.36. The molecule has 0 bridgehead atoms. The summed E-state index contributed by atoms with van der Waals surface area (Å²) in [7, 11) is 1.65. The van der Waals surface area contributed by atoms with Crippen LogP contribution in [0, 0.1) is 5.92 Å². The van der Waals surface area contributed by atoms with E-state index < -0.39 is 0 Å². The highest BCUT2D eigenvalue weighted by atomic mass is 16.5. The van der Waals surface area contributed by atoms with Crippen molar-refractivity contribution >= 4 is 5.90 Å². The summed E-state index contributed by atoms with van der Waals surface area (Å²) in [6, 6.07) is 0.540. The van der Waals surface area contributed by atoms with E-state index in [0.717, 1.165) is 0 Å². The Morgan fingerprint density at radius 1 is 1.50 bits per heavy atom. The zero-order valence-electron chi connectivity index (χ0n) is 8.82. The molecule has 2 heterocycles. The maximum absolute atomic E-state index is 5.10. The lowest BCUT2D eigenvalue weighted by Gasteiger charge is -2.18. The SMILES string of the molecule is COC1=NC2C=C(C(C)C)NC2C=C1. The van der Waals surface area contributed by atoms with Crippen molar-refractivity contribution in [3.05, 3.63) is 23.9 Å². The molecule has 1 N–H and O–H groups in total. The molecule has 0 amide bonds. The second-order valence-corrected chi connectivity index (χ2v) is 3.97. The minimum Gasteiger partial charge on any atom is -0.481 e. The predicted octanol–water partition coefficient (Wildman–Crippen LogP) is 1.48. The number of nitrogens with one attached hydrogen (secondary N) is 1. The van der Waals surface area contributed by atoms with Crippen molar-refractivity contribution < 1.29 is 4.74 Å². The summed E-state index contributed by atoms with van der Waals surface area (Å²) in [4.78, 5) is 4.46. The van der Waals surface area contributed by atoms with E-state index >= 15 is 0 Å². The molecule has 0 aromatic carbocycles. The molecule has 3 nitrogen and oxygen atoms in total. The Labute approximate surface area is 84.6 Å². The number of fused-ring (bicyclic) bond motifs is 1. The molecule has 0 saturated carbocycles. The molecule has 0 saturated heterocycles. The molecule has 2 unspecified atom stereocenters. The van der Waals surface area contributed by atoms with E-state index in [1.54, 1.807) is 7.11 Å². The first-order valence-electron chi connectivity index (χ1n) is 4.99. The summed E-state index contributed by atoms with van der Waals surface area (Å²) < 4.78 is 5.10. The molecule has 2 atom stereocenters. The number of nitrogens with zero attached hydrogens (tertiary/aromatic N) is 1. The van der Waals surface area contributed by atoms with E-state index in [-0.39, 0.29) is 6.04 Å². The minimum absolute atomic E-state index is 0.215. The second-order valence-electron chi connectivity index (χ2n) is 3.97. The van der Waals surface area contributed by atoms with Gasteiger partial charge in [0.05, 0.1) is 19.2 Å². The maximum Gasteiger partial charge on any atom is 0.208 e. The molecule has 14 heavy (non-hydrogen) atoms. The zero-order valence-corrected chi connectivity index (χ0v) is 8.82. The number of hydrogen-bond acceptors (Lipinski definition) is 3. The van der Waals surface area contributed by atoms with Crippen LogP contribution in [0.25, 0.3) is 0 Å². The number of aliphatic imine (C=N–C) groups is 1. The third-order valence-corrected chi connectivity index (χ3v) is 2.61. The topological polar surface area (TPSA) is 33.6 Å². The molecule has 2 aliphatic heterocycles. The van der Waals surface area contributed by atoms with E-state index in [0.29, 0.717) is 17.9 Å². The van der Waals surface area contributed by atoms with Gasteiger partial charge in [-0.1, -0.05) is 19.9 Å². The Bertz CT molecular complexity index is 315. The first-order valence-corrected chi connectivity index (χ1v) is 4.99. The Morgan fingerprint density at radius 2 is 2.29 bits per heavy atom. The summed E-state index contributed by atoms with van der Waals surface area (Å²) >= 11 is 0. The van der Waals surface area contributed by atoms with E-state index in [4.69, 9.17) is 4.74 Å². The molecule has 2 aliphatic rings. The summed E-state index contributed by atoms with van der Waals surface area (Å²) in [5.74, 6) is 1.25. The quantitative estimate of drug-likeness (QED) is 0.682. The number of dihydropyridines is 1. The largest absolute Gasteiger partial charge is 0.481 e. The van der Waals surface area contributed by atoms with Crippen LogP contribution in [0.3, 0.4) is 0 Å². The summed E-state index contributed by atoms with van der Waals surface area (Å²) in [5, 5.41) is 3.45. The van der Waals surface area contributed by atoms with Crippen LogP contribution in [0.1, 0.15) is 13.8 Å². The second kappa shape index (κ2) is 3.48. The van der Waals surface area contributed by atoms with Crippen molar-refractivity contribution in [2.45, 2.75) is 25.9 Å². The number of hydrogen-bond donors (Lipinski definition) is 1. The van der Waals surface area contributed by atoms with E-state index in [2.05, 4.69) is 36.3 Å². The van der Waals surface area contributed by atoms with Crippen LogP contribution in [0.2, 0.25) is 0 Å².